The number of hydrogen-bond donors (Lipinski definition) is 0. The minimum atomic E-state index is -4.55. The minimum Gasteiger partial charge on any atom is -0.293 e. The summed E-state index contributed by atoms with van der Waals surface area (Å²) < 4.78 is 43.6. The molecule has 0 saturated carbocycles. The fourth-order valence-corrected chi connectivity index (χ4v) is 2.52. The summed E-state index contributed by atoms with van der Waals surface area (Å²) in [6.07, 6.45) is 0.419. The first-order valence-corrected chi connectivity index (χ1v) is 6.57. The molecular weight excluding hydrogens is 293 g/mol. The first-order valence-electron chi connectivity index (χ1n) is 6.57. The molecule has 22 heavy (non-hydrogen) atoms. The van der Waals surface area contributed by atoms with Crippen molar-refractivity contribution in [3.8, 4) is 0 Å². The Labute approximate surface area is 125 Å². The molecule has 0 radical (unpaired) electrons. The van der Waals surface area contributed by atoms with Crippen LogP contribution in [-0.4, -0.2) is 22.3 Å². The number of nitrogens with zero attached hydrogens (tertiary/aromatic N) is 4. The van der Waals surface area contributed by atoms with Crippen molar-refractivity contribution < 1.29 is 13.2 Å². The lowest BCUT2D eigenvalue weighted by Gasteiger charge is -2.42. The Morgan fingerprint density at radius 2 is 1.82 bits per heavy atom. The summed E-state index contributed by atoms with van der Waals surface area (Å²) in [6, 6.07) is 9.27. The SMILES string of the molecule is Cn1ccc(N2C=NC=CC2(c2ccccc2)C(F)(F)F)n1. The van der Waals surface area contributed by atoms with Crippen molar-refractivity contribution in [1.29, 1.82) is 0 Å². The van der Waals surface area contributed by atoms with E-state index in [1.54, 1.807) is 31.4 Å². The molecule has 1 aromatic heterocycles. The normalized spacial score (nSPS) is 21.4. The molecule has 0 aliphatic carbocycles. The fourth-order valence-electron chi connectivity index (χ4n) is 2.52. The van der Waals surface area contributed by atoms with Crippen LogP contribution in [0.15, 0.2) is 59.9 Å². The zero-order valence-corrected chi connectivity index (χ0v) is 11.7. The van der Waals surface area contributed by atoms with Gasteiger partial charge in [0.2, 0.25) is 0 Å². The maximum absolute atomic E-state index is 14.0. The number of halogens is 3. The highest BCUT2D eigenvalue weighted by Gasteiger charge is 2.59. The van der Waals surface area contributed by atoms with Crippen molar-refractivity contribution in [1.82, 2.24) is 9.78 Å². The second kappa shape index (κ2) is 5.01. The molecule has 3 rings (SSSR count). The summed E-state index contributed by atoms with van der Waals surface area (Å²) >= 11 is 0. The topological polar surface area (TPSA) is 33.4 Å². The predicted octanol–water partition coefficient (Wildman–Crippen LogP) is 3.24. The standard InChI is InChI=1S/C15H13F3N4/c1-21-10-7-13(20-21)22-11-19-9-8-14(22,15(16,17)18)12-5-3-2-4-6-12/h2-11H,1H3. The van der Waals surface area contributed by atoms with Crippen LogP contribution in [0.2, 0.25) is 0 Å². The van der Waals surface area contributed by atoms with E-state index in [4.69, 9.17) is 0 Å². The van der Waals surface area contributed by atoms with Crippen LogP contribution in [0.5, 0.6) is 0 Å². The number of hydrogen-bond acceptors (Lipinski definition) is 3. The van der Waals surface area contributed by atoms with Crippen LogP contribution in [0.25, 0.3) is 0 Å². The number of anilines is 1. The predicted molar refractivity (Wildman–Crippen MR) is 77.5 cm³/mol. The fraction of sp³-hybridized carbons (Fsp3) is 0.200. The van der Waals surface area contributed by atoms with Gasteiger partial charge >= 0.3 is 6.18 Å². The number of aliphatic imine (C=N–C) groups is 1. The summed E-state index contributed by atoms with van der Waals surface area (Å²) in [5.41, 5.74) is -2.22. The monoisotopic (exact) mass is 306 g/mol. The van der Waals surface area contributed by atoms with E-state index in [1.165, 1.54) is 29.1 Å². The van der Waals surface area contributed by atoms with Crippen LogP contribution < -0.4 is 4.90 Å². The lowest BCUT2D eigenvalue weighted by molar-refractivity contribution is -0.173. The summed E-state index contributed by atoms with van der Waals surface area (Å²) in [4.78, 5) is 4.89. The van der Waals surface area contributed by atoms with Crippen LogP contribution in [0.1, 0.15) is 5.56 Å². The van der Waals surface area contributed by atoms with Crippen LogP contribution in [0, 0.1) is 0 Å². The van der Waals surface area contributed by atoms with Gasteiger partial charge in [-0.25, -0.2) is 4.99 Å². The van der Waals surface area contributed by atoms with Gasteiger partial charge in [0.15, 0.2) is 11.4 Å². The van der Waals surface area contributed by atoms with Gasteiger partial charge in [0.25, 0.3) is 0 Å². The maximum atomic E-state index is 14.0. The van der Waals surface area contributed by atoms with E-state index in [0.29, 0.717) is 0 Å². The Morgan fingerprint density at radius 1 is 1.09 bits per heavy atom. The highest BCUT2D eigenvalue weighted by atomic mass is 19.4. The molecule has 1 aromatic carbocycles. The van der Waals surface area contributed by atoms with E-state index in [9.17, 15) is 13.2 Å². The maximum Gasteiger partial charge on any atom is 0.420 e. The Kier molecular flexibility index (Phi) is 3.27. The summed E-state index contributed by atoms with van der Waals surface area (Å²) in [7, 11) is 1.65. The lowest BCUT2D eigenvalue weighted by atomic mass is 9.86. The highest BCUT2D eigenvalue weighted by molar-refractivity contribution is 5.83. The smallest absolute Gasteiger partial charge is 0.293 e. The van der Waals surface area contributed by atoms with E-state index in [2.05, 4.69) is 10.1 Å². The zero-order chi connectivity index (χ0) is 15.8. The molecule has 7 heteroatoms. The van der Waals surface area contributed by atoms with Crippen LogP contribution >= 0.6 is 0 Å². The van der Waals surface area contributed by atoms with Crippen LogP contribution in [-0.2, 0) is 12.6 Å². The number of alkyl halides is 3. The van der Waals surface area contributed by atoms with E-state index in [0.717, 1.165) is 17.3 Å². The largest absolute Gasteiger partial charge is 0.420 e. The molecule has 1 aliphatic heterocycles. The first-order chi connectivity index (χ1) is 10.4. The first kappa shape index (κ1) is 14.4. The molecule has 0 saturated heterocycles. The molecule has 0 fully saturated rings. The Hall–Kier alpha value is -2.57. The third-order valence-corrected chi connectivity index (χ3v) is 3.56. The average molecular weight is 306 g/mol. The minimum absolute atomic E-state index is 0.107. The third kappa shape index (κ3) is 2.09. The van der Waals surface area contributed by atoms with E-state index in [-0.39, 0.29) is 11.4 Å². The van der Waals surface area contributed by atoms with E-state index in [1.807, 2.05) is 0 Å². The Balaban J connectivity index is 2.23. The quantitative estimate of drug-likeness (QED) is 0.853. The van der Waals surface area contributed by atoms with Crippen LogP contribution in [0.3, 0.4) is 0 Å². The van der Waals surface area contributed by atoms with Crippen molar-refractivity contribution in [3.63, 3.8) is 0 Å². The Morgan fingerprint density at radius 3 is 2.41 bits per heavy atom. The zero-order valence-electron chi connectivity index (χ0n) is 11.7. The molecule has 0 N–H and O–H groups in total. The molecule has 1 aliphatic rings. The molecule has 0 bridgehead atoms. The molecule has 4 nitrogen and oxygen atoms in total. The number of benzene rings is 1. The van der Waals surface area contributed by atoms with Gasteiger partial charge in [-0.1, -0.05) is 30.3 Å². The Bertz CT molecular complexity index is 718. The molecule has 1 atom stereocenters. The van der Waals surface area contributed by atoms with Gasteiger partial charge < -0.3 is 0 Å². The molecule has 2 aromatic rings. The van der Waals surface area contributed by atoms with Crippen molar-refractivity contribution in [2.75, 3.05) is 4.90 Å². The van der Waals surface area contributed by atoms with Gasteiger partial charge in [0, 0.05) is 25.5 Å². The van der Waals surface area contributed by atoms with Crippen molar-refractivity contribution in [2.24, 2.45) is 12.0 Å². The van der Waals surface area contributed by atoms with Crippen molar-refractivity contribution in [3.05, 3.63) is 60.4 Å². The third-order valence-electron chi connectivity index (χ3n) is 3.56. The second-order valence-electron chi connectivity index (χ2n) is 4.93. The van der Waals surface area contributed by atoms with Gasteiger partial charge in [-0.2, -0.15) is 18.3 Å². The van der Waals surface area contributed by atoms with Gasteiger partial charge in [-0.3, -0.25) is 9.58 Å². The van der Waals surface area contributed by atoms with Crippen molar-refractivity contribution in [2.45, 2.75) is 11.7 Å². The van der Waals surface area contributed by atoms with E-state index >= 15 is 0 Å². The van der Waals surface area contributed by atoms with Gasteiger partial charge in [-0.15, -0.1) is 0 Å². The summed E-state index contributed by atoms with van der Waals surface area (Å²) in [5, 5.41) is 4.09. The average Bonchev–Trinajstić information content (AvgIpc) is 2.93. The highest BCUT2D eigenvalue weighted by Crippen LogP contribution is 2.47. The molecule has 0 amide bonds. The molecular formula is C15H13F3N4. The molecule has 0 spiro atoms. The van der Waals surface area contributed by atoms with E-state index < -0.39 is 11.7 Å². The molecule has 2 heterocycles. The van der Waals surface area contributed by atoms with Crippen LogP contribution in [0.4, 0.5) is 19.0 Å². The summed E-state index contributed by atoms with van der Waals surface area (Å²) in [5.74, 6) is 0.178. The number of aryl methyl sites for hydroxylation is 1. The number of rotatable bonds is 2. The number of aromatic nitrogens is 2. The molecule has 114 valence electrons. The van der Waals surface area contributed by atoms with Gasteiger partial charge in [0.1, 0.15) is 0 Å². The second-order valence-corrected chi connectivity index (χ2v) is 4.93. The van der Waals surface area contributed by atoms with Gasteiger partial charge in [0.05, 0.1) is 6.34 Å². The molecule has 1 unspecified atom stereocenters. The van der Waals surface area contributed by atoms with Gasteiger partial charge in [-0.05, 0) is 11.6 Å². The summed E-state index contributed by atoms with van der Waals surface area (Å²) in [6.45, 7) is 0. The lowest BCUT2D eigenvalue weighted by Crippen LogP contribution is -2.56. The van der Waals surface area contributed by atoms with Crippen molar-refractivity contribution >= 4 is 12.2 Å².